The molecule has 3 heterocycles. The molecule has 7 heteroatoms. The summed E-state index contributed by atoms with van der Waals surface area (Å²) in [7, 11) is 0. The number of aromatic nitrogens is 3. The second-order valence-corrected chi connectivity index (χ2v) is 4.85. The van der Waals surface area contributed by atoms with E-state index in [2.05, 4.69) is 25.9 Å². The summed E-state index contributed by atoms with van der Waals surface area (Å²) in [6.07, 6.45) is 6.92. The SMILES string of the molecule is CCNc1cn2ccnc2c(NC2CCC(=O)NC2)n1. The van der Waals surface area contributed by atoms with Gasteiger partial charge < -0.3 is 20.4 Å². The zero-order valence-corrected chi connectivity index (χ0v) is 11.4. The van der Waals surface area contributed by atoms with E-state index in [0.717, 1.165) is 30.2 Å². The van der Waals surface area contributed by atoms with Crippen LogP contribution in [0.15, 0.2) is 18.6 Å². The molecule has 1 unspecified atom stereocenters. The van der Waals surface area contributed by atoms with Crippen LogP contribution in [0.25, 0.3) is 5.65 Å². The van der Waals surface area contributed by atoms with Crippen LogP contribution in [0.5, 0.6) is 0 Å². The Bertz CT molecular complexity index is 612. The molecule has 0 radical (unpaired) electrons. The summed E-state index contributed by atoms with van der Waals surface area (Å²) in [5.41, 5.74) is 0.795. The van der Waals surface area contributed by atoms with Crippen molar-refractivity contribution in [2.75, 3.05) is 23.7 Å². The van der Waals surface area contributed by atoms with Gasteiger partial charge in [-0.1, -0.05) is 0 Å². The summed E-state index contributed by atoms with van der Waals surface area (Å²) >= 11 is 0. The van der Waals surface area contributed by atoms with Gasteiger partial charge in [0.15, 0.2) is 11.5 Å². The highest BCUT2D eigenvalue weighted by Gasteiger charge is 2.19. The lowest BCUT2D eigenvalue weighted by Crippen LogP contribution is -2.42. The zero-order chi connectivity index (χ0) is 13.9. The van der Waals surface area contributed by atoms with Crippen molar-refractivity contribution in [2.24, 2.45) is 0 Å². The van der Waals surface area contributed by atoms with Gasteiger partial charge in [0.1, 0.15) is 5.82 Å². The first kappa shape index (κ1) is 12.7. The van der Waals surface area contributed by atoms with Crippen LogP contribution in [-0.2, 0) is 4.79 Å². The van der Waals surface area contributed by atoms with Crippen LogP contribution >= 0.6 is 0 Å². The number of amides is 1. The Morgan fingerprint density at radius 3 is 3.20 bits per heavy atom. The molecule has 1 amide bonds. The van der Waals surface area contributed by atoms with E-state index in [1.54, 1.807) is 6.20 Å². The molecular weight excluding hydrogens is 256 g/mol. The number of hydrogen-bond donors (Lipinski definition) is 3. The molecule has 1 saturated heterocycles. The Morgan fingerprint density at radius 1 is 1.55 bits per heavy atom. The second-order valence-electron chi connectivity index (χ2n) is 4.85. The van der Waals surface area contributed by atoms with Crippen LogP contribution in [0.3, 0.4) is 0 Å². The molecule has 3 rings (SSSR count). The molecule has 3 N–H and O–H groups in total. The number of piperidine rings is 1. The summed E-state index contributed by atoms with van der Waals surface area (Å²) < 4.78 is 1.94. The van der Waals surface area contributed by atoms with Crippen molar-refractivity contribution >= 4 is 23.2 Å². The molecule has 20 heavy (non-hydrogen) atoms. The van der Waals surface area contributed by atoms with Crippen molar-refractivity contribution in [3.8, 4) is 0 Å². The van der Waals surface area contributed by atoms with Crippen LogP contribution in [0, 0.1) is 0 Å². The van der Waals surface area contributed by atoms with Crippen molar-refractivity contribution in [3.05, 3.63) is 18.6 Å². The summed E-state index contributed by atoms with van der Waals surface area (Å²) in [6.45, 7) is 3.47. The average Bonchev–Trinajstić information content (AvgIpc) is 2.90. The number of hydrogen-bond acceptors (Lipinski definition) is 5. The number of carbonyl (C=O) groups is 1. The van der Waals surface area contributed by atoms with E-state index in [9.17, 15) is 4.79 Å². The molecule has 0 bridgehead atoms. The number of nitrogens with zero attached hydrogens (tertiary/aromatic N) is 3. The highest BCUT2D eigenvalue weighted by atomic mass is 16.1. The maximum Gasteiger partial charge on any atom is 0.220 e. The van der Waals surface area contributed by atoms with Crippen molar-refractivity contribution in [1.82, 2.24) is 19.7 Å². The van der Waals surface area contributed by atoms with E-state index in [1.165, 1.54) is 0 Å². The Balaban J connectivity index is 1.85. The van der Waals surface area contributed by atoms with Crippen LogP contribution in [0.4, 0.5) is 11.6 Å². The summed E-state index contributed by atoms with van der Waals surface area (Å²) in [5, 5.41) is 9.45. The molecule has 0 spiro atoms. The standard InChI is InChI=1S/C13H18N6O/c1-2-14-10-8-19-6-5-15-13(19)12(18-10)17-9-3-4-11(20)16-7-9/h5-6,8-9,14H,2-4,7H2,1H3,(H,16,20)(H,17,18). The van der Waals surface area contributed by atoms with Gasteiger partial charge >= 0.3 is 0 Å². The predicted octanol–water partition coefficient (Wildman–Crippen LogP) is 0.852. The average molecular weight is 274 g/mol. The molecule has 1 atom stereocenters. The van der Waals surface area contributed by atoms with Gasteiger partial charge in [-0.2, -0.15) is 0 Å². The summed E-state index contributed by atoms with van der Waals surface area (Å²) in [5.74, 6) is 1.67. The van der Waals surface area contributed by atoms with Crippen LogP contribution < -0.4 is 16.0 Å². The Kier molecular flexibility index (Phi) is 3.41. The van der Waals surface area contributed by atoms with Crippen LogP contribution in [0.2, 0.25) is 0 Å². The van der Waals surface area contributed by atoms with E-state index < -0.39 is 0 Å². The number of rotatable bonds is 4. The van der Waals surface area contributed by atoms with Crippen molar-refractivity contribution in [3.63, 3.8) is 0 Å². The van der Waals surface area contributed by atoms with Crippen molar-refractivity contribution in [1.29, 1.82) is 0 Å². The predicted molar refractivity (Wildman–Crippen MR) is 76.8 cm³/mol. The lowest BCUT2D eigenvalue weighted by molar-refractivity contribution is -0.122. The molecule has 2 aromatic heterocycles. The third kappa shape index (κ3) is 2.52. The molecule has 1 aliphatic rings. The topological polar surface area (TPSA) is 83.3 Å². The fourth-order valence-corrected chi connectivity index (χ4v) is 2.34. The van der Waals surface area contributed by atoms with E-state index in [1.807, 2.05) is 23.7 Å². The number of imidazole rings is 1. The first-order valence-corrected chi connectivity index (χ1v) is 6.87. The first-order chi connectivity index (χ1) is 9.76. The number of anilines is 2. The quantitative estimate of drug-likeness (QED) is 0.770. The van der Waals surface area contributed by atoms with Gasteiger partial charge in [-0.25, -0.2) is 9.97 Å². The molecular formula is C13H18N6O. The minimum Gasteiger partial charge on any atom is -0.369 e. The molecule has 0 saturated carbocycles. The maximum atomic E-state index is 11.2. The minimum atomic E-state index is 0.114. The fourth-order valence-electron chi connectivity index (χ4n) is 2.34. The molecule has 7 nitrogen and oxygen atoms in total. The Hall–Kier alpha value is -2.31. The minimum absolute atomic E-state index is 0.114. The van der Waals surface area contributed by atoms with Gasteiger partial charge in [-0.3, -0.25) is 4.79 Å². The maximum absolute atomic E-state index is 11.2. The van der Waals surface area contributed by atoms with Gasteiger partial charge in [-0.15, -0.1) is 0 Å². The molecule has 0 aromatic carbocycles. The van der Waals surface area contributed by atoms with E-state index in [0.29, 0.717) is 13.0 Å². The Morgan fingerprint density at radius 2 is 2.45 bits per heavy atom. The second kappa shape index (κ2) is 5.36. The van der Waals surface area contributed by atoms with Crippen LogP contribution in [-0.4, -0.2) is 39.4 Å². The zero-order valence-electron chi connectivity index (χ0n) is 11.4. The van der Waals surface area contributed by atoms with E-state index >= 15 is 0 Å². The third-order valence-corrected chi connectivity index (χ3v) is 3.34. The van der Waals surface area contributed by atoms with E-state index in [-0.39, 0.29) is 11.9 Å². The fraction of sp³-hybridized carbons (Fsp3) is 0.462. The van der Waals surface area contributed by atoms with Gasteiger partial charge in [0.2, 0.25) is 5.91 Å². The lowest BCUT2D eigenvalue weighted by atomic mass is 10.1. The van der Waals surface area contributed by atoms with Gasteiger partial charge in [0, 0.05) is 37.9 Å². The first-order valence-electron chi connectivity index (χ1n) is 6.87. The molecule has 106 valence electrons. The number of carbonyl (C=O) groups excluding carboxylic acids is 1. The van der Waals surface area contributed by atoms with E-state index in [4.69, 9.17) is 0 Å². The largest absolute Gasteiger partial charge is 0.369 e. The Labute approximate surface area is 116 Å². The molecule has 2 aromatic rings. The van der Waals surface area contributed by atoms with Gasteiger partial charge in [-0.05, 0) is 13.3 Å². The van der Waals surface area contributed by atoms with Crippen molar-refractivity contribution in [2.45, 2.75) is 25.8 Å². The third-order valence-electron chi connectivity index (χ3n) is 3.34. The monoisotopic (exact) mass is 274 g/mol. The molecule has 1 aliphatic heterocycles. The summed E-state index contributed by atoms with van der Waals surface area (Å²) in [4.78, 5) is 20.1. The van der Waals surface area contributed by atoms with Crippen molar-refractivity contribution < 1.29 is 4.79 Å². The van der Waals surface area contributed by atoms with Crippen LogP contribution in [0.1, 0.15) is 19.8 Å². The molecule has 0 aliphatic carbocycles. The highest BCUT2D eigenvalue weighted by Crippen LogP contribution is 2.18. The number of fused-ring (bicyclic) bond motifs is 1. The molecule has 1 fully saturated rings. The number of nitrogens with one attached hydrogen (secondary N) is 3. The smallest absolute Gasteiger partial charge is 0.220 e. The highest BCUT2D eigenvalue weighted by molar-refractivity contribution is 5.77. The lowest BCUT2D eigenvalue weighted by Gasteiger charge is -2.24. The van der Waals surface area contributed by atoms with Gasteiger partial charge in [0.05, 0.1) is 6.20 Å². The summed E-state index contributed by atoms with van der Waals surface area (Å²) in [6, 6.07) is 0.192. The normalized spacial score (nSPS) is 18.9. The van der Waals surface area contributed by atoms with Gasteiger partial charge in [0.25, 0.3) is 0 Å².